The average molecular weight is 412 g/mol. The number of esters is 1. The molecule has 0 aliphatic rings. The number of thioether (sulfide) groups is 1. The Morgan fingerprint density at radius 2 is 1.79 bits per heavy atom. The summed E-state index contributed by atoms with van der Waals surface area (Å²) in [5.41, 5.74) is 2.09. The Morgan fingerprint density at radius 1 is 1.07 bits per heavy atom. The number of hydrogen-bond acceptors (Lipinski definition) is 6. The van der Waals surface area contributed by atoms with Crippen molar-refractivity contribution in [2.45, 2.75) is 44.2 Å². The van der Waals surface area contributed by atoms with E-state index in [9.17, 15) is 4.79 Å². The van der Waals surface area contributed by atoms with Gasteiger partial charge in [-0.2, -0.15) is 0 Å². The largest absolute Gasteiger partial charge is 0.486 e. The molecule has 0 aliphatic heterocycles. The highest BCUT2D eigenvalue weighted by atomic mass is 32.2. The van der Waals surface area contributed by atoms with Gasteiger partial charge in [-0.3, -0.25) is 9.36 Å². The number of hydrogen-bond donors (Lipinski definition) is 0. The number of nitrogens with zero attached hydrogens (tertiary/aromatic N) is 3. The molecule has 0 spiro atoms. The lowest BCUT2D eigenvalue weighted by atomic mass is 10.2. The molecule has 0 saturated carbocycles. The molecule has 0 aliphatic carbocycles. The van der Waals surface area contributed by atoms with E-state index in [1.807, 2.05) is 79.9 Å². The molecule has 2 aromatic carbocycles. The summed E-state index contributed by atoms with van der Waals surface area (Å²) in [5, 5.41) is 8.97. The number of para-hydroxylation sites is 1. The molecule has 0 bridgehead atoms. The first kappa shape index (κ1) is 20.9. The van der Waals surface area contributed by atoms with Crippen LogP contribution in [0.4, 0.5) is 0 Å². The standard InChI is InChI=1S/C22H25N3O3S/c1-4-19(21(26)27-5-2)29-22-24-23-20(25(22)17-9-7-6-8-10-17)15-28-18-13-11-16(3)12-14-18/h6-14,19H,4-5,15H2,1-3H3/t19-/m0/s1. The Labute approximate surface area is 175 Å². The van der Waals surface area contributed by atoms with E-state index in [0.717, 1.165) is 11.4 Å². The van der Waals surface area contributed by atoms with E-state index in [0.29, 0.717) is 24.0 Å². The van der Waals surface area contributed by atoms with Crippen LogP contribution in [0, 0.1) is 6.92 Å². The molecule has 0 unspecified atom stereocenters. The minimum atomic E-state index is -0.340. The minimum absolute atomic E-state index is 0.236. The molecule has 0 fully saturated rings. The van der Waals surface area contributed by atoms with E-state index in [2.05, 4.69) is 10.2 Å². The second kappa shape index (κ2) is 10.1. The van der Waals surface area contributed by atoms with Gasteiger partial charge < -0.3 is 9.47 Å². The Bertz CT molecular complexity index is 926. The maximum Gasteiger partial charge on any atom is 0.319 e. The van der Waals surface area contributed by atoms with Crippen LogP contribution >= 0.6 is 11.8 Å². The Balaban J connectivity index is 1.86. The van der Waals surface area contributed by atoms with Gasteiger partial charge in [0.05, 0.1) is 6.61 Å². The molecule has 29 heavy (non-hydrogen) atoms. The summed E-state index contributed by atoms with van der Waals surface area (Å²) >= 11 is 1.36. The third-order valence-corrected chi connectivity index (χ3v) is 5.56. The lowest BCUT2D eigenvalue weighted by Crippen LogP contribution is -2.20. The summed E-state index contributed by atoms with van der Waals surface area (Å²) in [6.07, 6.45) is 0.639. The van der Waals surface area contributed by atoms with Crippen LogP contribution in [0.5, 0.6) is 5.75 Å². The zero-order chi connectivity index (χ0) is 20.6. The van der Waals surface area contributed by atoms with Crippen LogP contribution in [0.25, 0.3) is 5.69 Å². The van der Waals surface area contributed by atoms with Gasteiger partial charge in [0.2, 0.25) is 0 Å². The molecule has 7 heteroatoms. The lowest BCUT2D eigenvalue weighted by Gasteiger charge is -2.15. The summed E-state index contributed by atoms with van der Waals surface area (Å²) in [4.78, 5) is 12.2. The molecule has 1 heterocycles. The number of aryl methyl sites for hydroxylation is 1. The van der Waals surface area contributed by atoms with Gasteiger partial charge in [-0.15, -0.1) is 10.2 Å². The minimum Gasteiger partial charge on any atom is -0.486 e. The van der Waals surface area contributed by atoms with Gasteiger partial charge in [-0.1, -0.05) is 54.6 Å². The molecule has 0 radical (unpaired) electrons. The van der Waals surface area contributed by atoms with Crippen LogP contribution in [0.15, 0.2) is 59.8 Å². The predicted molar refractivity (Wildman–Crippen MR) is 113 cm³/mol. The molecule has 3 rings (SSSR count). The molecule has 1 atom stereocenters. The van der Waals surface area contributed by atoms with Crippen LogP contribution in [0.3, 0.4) is 0 Å². The smallest absolute Gasteiger partial charge is 0.319 e. The fourth-order valence-electron chi connectivity index (χ4n) is 2.75. The third-order valence-electron chi connectivity index (χ3n) is 4.27. The topological polar surface area (TPSA) is 66.2 Å². The van der Waals surface area contributed by atoms with Crippen LogP contribution in [-0.4, -0.2) is 32.6 Å². The van der Waals surface area contributed by atoms with Crippen molar-refractivity contribution in [3.05, 3.63) is 66.0 Å². The summed E-state index contributed by atoms with van der Waals surface area (Å²) in [5.74, 6) is 1.20. The quantitative estimate of drug-likeness (QED) is 0.379. The van der Waals surface area contributed by atoms with Crippen molar-refractivity contribution >= 4 is 17.7 Å². The number of aromatic nitrogens is 3. The molecular formula is C22H25N3O3S. The summed E-state index contributed by atoms with van der Waals surface area (Å²) in [6.45, 7) is 6.42. The summed E-state index contributed by atoms with van der Waals surface area (Å²) in [7, 11) is 0. The van der Waals surface area contributed by atoms with Crippen molar-refractivity contribution in [2.75, 3.05) is 6.61 Å². The molecule has 6 nitrogen and oxygen atoms in total. The zero-order valence-corrected chi connectivity index (χ0v) is 17.7. The van der Waals surface area contributed by atoms with E-state index >= 15 is 0 Å². The fraction of sp³-hybridized carbons (Fsp3) is 0.318. The molecule has 3 aromatic rings. The summed E-state index contributed by atoms with van der Waals surface area (Å²) < 4.78 is 13.0. The SMILES string of the molecule is CCOC(=O)[C@H](CC)Sc1nnc(COc2ccc(C)cc2)n1-c1ccccc1. The van der Waals surface area contributed by atoms with Gasteiger partial charge in [0.15, 0.2) is 11.0 Å². The second-order valence-corrected chi connectivity index (χ2v) is 7.61. The van der Waals surface area contributed by atoms with Gasteiger partial charge in [0.25, 0.3) is 0 Å². The highest BCUT2D eigenvalue weighted by Crippen LogP contribution is 2.28. The molecular weight excluding hydrogens is 386 g/mol. The van der Waals surface area contributed by atoms with Crippen molar-refractivity contribution in [3.8, 4) is 11.4 Å². The lowest BCUT2D eigenvalue weighted by molar-refractivity contribution is -0.142. The average Bonchev–Trinajstić information content (AvgIpc) is 3.14. The maximum atomic E-state index is 12.2. The van der Waals surface area contributed by atoms with Gasteiger partial charge in [0.1, 0.15) is 17.6 Å². The van der Waals surface area contributed by atoms with Crippen LogP contribution in [0.2, 0.25) is 0 Å². The van der Waals surface area contributed by atoms with E-state index in [4.69, 9.17) is 9.47 Å². The van der Waals surface area contributed by atoms with Gasteiger partial charge >= 0.3 is 5.97 Å². The van der Waals surface area contributed by atoms with Gasteiger partial charge in [-0.05, 0) is 44.5 Å². The third kappa shape index (κ3) is 5.38. The Morgan fingerprint density at radius 3 is 2.45 bits per heavy atom. The van der Waals surface area contributed by atoms with Crippen LogP contribution in [-0.2, 0) is 16.1 Å². The van der Waals surface area contributed by atoms with Crippen molar-refractivity contribution in [2.24, 2.45) is 0 Å². The fourth-order valence-corrected chi connectivity index (χ4v) is 3.74. The van der Waals surface area contributed by atoms with Crippen molar-refractivity contribution in [1.29, 1.82) is 0 Å². The second-order valence-electron chi connectivity index (χ2n) is 6.44. The van der Waals surface area contributed by atoms with Gasteiger partial charge in [-0.25, -0.2) is 0 Å². The monoisotopic (exact) mass is 411 g/mol. The number of carbonyl (C=O) groups is 1. The maximum absolute atomic E-state index is 12.2. The first-order valence-electron chi connectivity index (χ1n) is 9.64. The van der Waals surface area contributed by atoms with Crippen LogP contribution in [0.1, 0.15) is 31.7 Å². The van der Waals surface area contributed by atoms with E-state index in [1.165, 1.54) is 17.3 Å². The first-order chi connectivity index (χ1) is 14.1. The molecule has 152 valence electrons. The Hall–Kier alpha value is -2.80. The number of benzene rings is 2. The zero-order valence-electron chi connectivity index (χ0n) is 16.9. The molecule has 0 N–H and O–H groups in total. The van der Waals surface area contributed by atoms with Crippen molar-refractivity contribution in [1.82, 2.24) is 14.8 Å². The van der Waals surface area contributed by atoms with Gasteiger partial charge in [0, 0.05) is 5.69 Å². The Kier molecular flexibility index (Phi) is 7.30. The highest BCUT2D eigenvalue weighted by Gasteiger charge is 2.24. The van der Waals surface area contributed by atoms with Crippen molar-refractivity contribution < 1.29 is 14.3 Å². The summed E-state index contributed by atoms with van der Waals surface area (Å²) in [6, 6.07) is 17.7. The molecule has 1 aromatic heterocycles. The number of ether oxygens (including phenoxy) is 2. The van der Waals surface area contributed by atoms with E-state index in [-0.39, 0.29) is 17.8 Å². The van der Waals surface area contributed by atoms with E-state index < -0.39 is 0 Å². The van der Waals surface area contributed by atoms with E-state index in [1.54, 1.807) is 0 Å². The first-order valence-corrected chi connectivity index (χ1v) is 10.5. The highest BCUT2D eigenvalue weighted by molar-refractivity contribution is 8.00. The number of carbonyl (C=O) groups excluding carboxylic acids is 1. The number of rotatable bonds is 9. The molecule has 0 saturated heterocycles. The normalized spacial score (nSPS) is 11.8. The van der Waals surface area contributed by atoms with Crippen LogP contribution < -0.4 is 4.74 Å². The van der Waals surface area contributed by atoms with Crippen molar-refractivity contribution in [3.63, 3.8) is 0 Å². The molecule has 0 amide bonds. The predicted octanol–water partition coefficient (Wildman–Crippen LogP) is 4.59.